The van der Waals surface area contributed by atoms with Crippen molar-refractivity contribution in [1.82, 2.24) is 10.6 Å². The average Bonchev–Trinajstić information content (AvgIpc) is 2.45. The molecule has 1 fully saturated rings. The van der Waals surface area contributed by atoms with E-state index in [1.165, 1.54) is 19.3 Å². The largest absolute Gasteiger partial charge is 0.480 e. The van der Waals surface area contributed by atoms with Gasteiger partial charge in [-0.05, 0) is 31.4 Å². The highest BCUT2D eigenvalue weighted by molar-refractivity contribution is 8.00. The first-order chi connectivity index (χ1) is 9.88. The molecule has 1 aliphatic rings. The molecule has 5 nitrogen and oxygen atoms in total. The van der Waals surface area contributed by atoms with E-state index in [4.69, 9.17) is 5.11 Å². The van der Waals surface area contributed by atoms with Crippen molar-refractivity contribution in [3.8, 4) is 0 Å². The summed E-state index contributed by atoms with van der Waals surface area (Å²) < 4.78 is 0.117. The lowest BCUT2D eigenvalue weighted by Gasteiger charge is -2.36. The van der Waals surface area contributed by atoms with E-state index in [9.17, 15) is 9.59 Å². The van der Waals surface area contributed by atoms with E-state index in [1.807, 2.05) is 25.6 Å². The highest BCUT2D eigenvalue weighted by atomic mass is 32.2. The summed E-state index contributed by atoms with van der Waals surface area (Å²) in [5.74, 6) is -0.751. The minimum absolute atomic E-state index is 0.117. The number of hydrogen-bond donors (Lipinski definition) is 3. The van der Waals surface area contributed by atoms with E-state index in [1.54, 1.807) is 0 Å². The summed E-state index contributed by atoms with van der Waals surface area (Å²) in [5.41, 5.74) is 0. The zero-order chi connectivity index (χ0) is 15.9. The van der Waals surface area contributed by atoms with Crippen molar-refractivity contribution in [3.63, 3.8) is 0 Å². The molecule has 0 saturated heterocycles. The van der Waals surface area contributed by atoms with Crippen LogP contribution >= 0.6 is 11.8 Å². The fraction of sp³-hybridized carbons (Fsp3) is 0.867. The van der Waals surface area contributed by atoms with Crippen molar-refractivity contribution in [2.24, 2.45) is 5.92 Å². The van der Waals surface area contributed by atoms with Gasteiger partial charge in [-0.3, -0.25) is 0 Å². The molecule has 0 aromatic heterocycles. The number of thioether (sulfide) groups is 1. The predicted molar refractivity (Wildman–Crippen MR) is 86.7 cm³/mol. The van der Waals surface area contributed by atoms with Crippen LogP contribution in [0.25, 0.3) is 0 Å². The van der Waals surface area contributed by atoms with E-state index in [0.29, 0.717) is 13.0 Å². The molecule has 0 heterocycles. The minimum Gasteiger partial charge on any atom is -0.480 e. The van der Waals surface area contributed by atoms with Crippen LogP contribution in [0.3, 0.4) is 0 Å². The Balaban J connectivity index is 2.46. The van der Waals surface area contributed by atoms with Crippen molar-refractivity contribution in [2.45, 2.75) is 63.2 Å². The second-order valence-corrected chi connectivity index (χ2v) is 7.57. The molecule has 2 amide bonds. The van der Waals surface area contributed by atoms with Gasteiger partial charge in [0.15, 0.2) is 0 Å². The van der Waals surface area contributed by atoms with Gasteiger partial charge in [0.25, 0.3) is 0 Å². The van der Waals surface area contributed by atoms with E-state index >= 15 is 0 Å². The smallest absolute Gasteiger partial charge is 0.326 e. The summed E-state index contributed by atoms with van der Waals surface area (Å²) in [6.07, 6.45) is 8.43. The van der Waals surface area contributed by atoms with Gasteiger partial charge in [-0.1, -0.05) is 33.1 Å². The third kappa shape index (κ3) is 6.16. The summed E-state index contributed by atoms with van der Waals surface area (Å²) >= 11 is 1.81. The van der Waals surface area contributed by atoms with E-state index in [-0.39, 0.29) is 16.7 Å². The molecule has 0 spiro atoms. The molecule has 0 bridgehead atoms. The van der Waals surface area contributed by atoms with Crippen LogP contribution in [-0.4, -0.2) is 40.7 Å². The average molecular weight is 316 g/mol. The standard InChI is InChI=1S/C15H28N2O3S/c1-11(2)9-12(13(18)19)17-14(20)16-10-15(21-3)7-5-4-6-8-15/h11-12H,4-10H2,1-3H3,(H,18,19)(H2,16,17,20)/t12-/m1/s1. The van der Waals surface area contributed by atoms with Crippen molar-refractivity contribution in [1.29, 1.82) is 0 Å². The number of amides is 2. The number of carboxylic acid groups (broad SMARTS) is 1. The number of nitrogens with one attached hydrogen (secondary N) is 2. The maximum Gasteiger partial charge on any atom is 0.326 e. The topological polar surface area (TPSA) is 78.4 Å². The SMILES string of the molecule is CSC1(CNC(=O)N[C@H](CC(C)C)C(=O)O)CCCCC1. The summed E-state index contributed by atoms with van der Waals surface area (Å²) in [6, 6.07) is -1.19. The normalized spacial score (nSPS) is 19.0. The third-order valence-electron chi connectivity index (χ3n) is 4.08. The van der Waals surface area contributed by atoms with Crippen molar-refractivity contribution >= 4 is 23.8 Å². The number of aliphatic carboxylic acids is 1. The number of carboxylic acids is 1. The molecule has 0 unspecified atom stereocenters. The first-order valence-corrected chi connectivity index (χ1v) is 8.93. The van der Waals surface area contributed by atoms with Crippen molar-refractivity contribution < 1.29 is 14.7 Å². The second-order valence-electron chi connectivity index (χ2n) is 6.30. The molecule has 0 aromatic rings. The van der Waals surface area contributed by atoms with Crippen molar-refractivity contribution in [3.05, 3.63) is 0 Å². The molecule has 1 saturated carbocycles. The summed E-state index contributed by atoms with van der Waals surface area (Å²) in [6.45, 7) is 4.49. The number of carbonyl (C=O) groups excluding carboxylic acids is 1. The van der Waals surface area contributed by atoms with Crippen LogP contribution in [0.1, 0.15) is 52.4 Å². The molecule has 21 heavy (non-hydrogen) atoms. The van der Waals surface area contributed by atoms with Crippen LogP contribution in [0.5, 0.6) is 0 Å². The van der Waals surface area contributed by atoms with Crippen LogP contribution in [0.15, 0.2) is 0 Å². The lowest BCUT2D eigenvalue weighted by Crippen LogP contribution is -2.50. The van der Waals surface area contributed by atoms with Gasteiger partial charge in [0.2, 0.25) is 0 Å². The molecule has 1 aliphatic carbocycles. The molecule has 0 aliphatic heterocycles. The lowest BCUT2D eigenvalue weighted by atomic mass is 9.88. The quantitative estimate of drug-likeness (QED) is 0.675. The fourth-order valence-electron chi connectivity index (χ4n) is 2.79. The van der Waals surface area contributed by atoms with Gasteiger partial charge in [0, 0.05) is 11.3 Å². The van der Waals surface area contributed by atoms with E-state index < -0.39 is 12.0 Å². The molecule has 3 N–H and O–H groups in total. The maximum atomic E-state index is 11.9. The van der Waals surface area contributed by atoms with Gasteiger partial charge in [0.05, 0.1) is 0 Å². The molecule has 1 atom stereocenters. The van der Waals surface area contributed by atoms with Crippen LogP contribution in [0.2, 0.25) is 0 Å². The van der Waals surface area contributed by atoms with Crippen LogP contribution in [-0.2, 0) is 4.79 Å². The van der Waals surface area contributed by atoms with Gasteiger partial charge in [-0.25, -0.2) is 9.59 Å². The van der Waals surface area contributed by atoms with Crippen LogP contribution < -0.4 is 10.6 Å². The van der Waals surface area contributed by atoms with Crippen LogP contribution in [0.4, 0.5) is 4.79 Å². The highest BCUT2D eigenvalue weighted by Gasteiger charge is 2.31. The highest BCUT2D eigenvalue weighted by Crippen LogP contribution is 2.37. The Morgan fingerprint density at radius 3 is 2.33 bits per heavy atom. The molecule has 122 valence electrons. The number of carbonyl (C=O) groups is 2. The van der Waals surface area contributed by atoms with E-state index in [2.05, 4.69) is 16.9 Å². The molecule has 1 rings (SSSR count). The summed E-state index contributed by atoms with van der Waals surface area (Å²) in [5, 5.41) is 14.6. The monoisotopic (exact) mass is 316 g/mol. The zero-order valence-corrected chi connectivity index (χ0v) is 14.1. The first kappa shape index (κ1) is 18.1. The Morgan fingerprint density at radius 2 is 1.86 bits per heavy atom. The van der Waals surface area contributed by atoms with Gasteiger partial charge in [-0.15, -0.1) is 0 Å². The van der Waals surface area contributed by atoms with Gasteiger partial charge >= 0.3 is 12.0 Å². The first-order valence-electron chi connectivity index (χ1n) is 7.71. The lowest BCUT2D eigenvalue weighted by molar-refractivity contribution is -0.139. The Labute approximate surface area is 131 Å². The van der Waals surface area contributed by atoms with Gasteiger partial charge in [0.1, 0.15) is 6.04 Å². The van der Waals surface area contributed by atoms with Crippen molar-refractivity contribution in [2.75, 3.05) is 12.8 Å². The molecule has 0 radical (unpaired) electrons. The maximum absolute atomic E-state index is 11.9. The number of urea groups is 1. The minimum atomic E-state index is -0.976. The Bertz CT molecular complexity index is 355. The zero-order valence-electron chi connectivity index (χ0n) is 13.3. The van der Waals surface area contributed by atoms with Gasteiger partial charge < -0.3 is 15.7 Å². The Morgan fingerprint density at radius 1 is 1.24 bits per heavy atom. The summed E-state index contributed by atoms with van der Waals surface area (Å²) in [7, 11) is 0. The van der Waals surface area contributed by atoms with Crippen LogP contribution in [0, 0.1) is 5.92 Å². The summed E-state index contributed by atoms with van der Waals surface area (Å²) in [4.78, 5) is 23.1. The molecule has 0 aromatic carbocycles. The Kier molecular flexibility index (Phi) is 7.35. The Hall–Kier alpha value is -0.910. The van der Waals surface area contributed by atoms with Gasteiger partial charge in [-0.2, -0.15) is 11.8 Å². The predicted octanol–water partition coefficient (Wildman–Crippen LogP) is 2.85. The number of rotatable bonds is 7. The molecular formula is C15H28N2O3S. The third-order valence-corrected chi connectivity index (χ3v) is 5.50. The fourth-order valence-corrected chi connectivity index (χ4v) is 3.71. The molecule has 6 heteroatoms. The number of hydrogen-bond acceptors (Lipinski definition) is 3. The molecular weight excluding hydrogens is 288 g/mol. The van der Waals surface area contributed by atoms with E-state index in [0.717, 1.165) is 12.8 Å². The second kappa shape index (κ2) is 8.51.